The summed E-state index contributed by atoms with van der Waals surface area (Å²) < 4.78 is 20.9. The Hall–Kier alpha value is -2.65. The Morgan fingerprint density at radius 2 is 1.79 bits per heavy atom. The number of anilines is 1. The molecule has 12 nitrogen and oxygen atoms in total. The number of hydrogen-bond acceptors (Lipinski definition) is 11. The van der Waals surface area contributed by atoms with Gasteiger partial charge in [0, 0.05) is 50.2 Å². The van der Waals surface area contributed by atoms with Crippen molar-refractivity contribution in [2.45, 2.75) is 88.2 Å². The normalized spacial score (nSPS) is 24.2. The van der Waals surface area contributed by atoms with Crippen LogP contribution in [0.25, 0.3) is 0 Å². The summed E-state index contributed by atoms with van der Waals surface area (Å²) >= 11 is 5.89. The highest BCUT2D eigenvalue weighted by atomic mass is 35.5. The molecule has 3 fully saturated rings. The van der Waals surface area contributed by atoms with E-state index in [1.165, 1.54) is 6.07 Å². The number of likely N-dealkylation sites (tertiary alicyclic amines) is 1. The molecule has 2 aromatic rings. The molecule has 2 unspecified atom stereocenters. The van der Waals surface area contributed by atoms with Crippen molar-refractivity contribution in [2.75, 3.05) is 50.8 Å². The number of carbonyl (C=O) groups is 1. The molecule has 48 heavy (non-hydrogen) atoms. The molecule has 1 spiro atoms. The number of benzene rings is 1. The van der Waals surface area contributed by atoms with Gasteiger partial charge in [0.25, 0.3) is 0 Å². The maximum atomic E-state index is 15.0. The summed E-state index contributed by atoms with van der Waals surface area (Å²) in [7, 11) is 0. The summed E-state index contributed by atoms with van der Waals surface area (Å²) in [5.74, 6) is 1.14. The second kappa shape index (κ2) is 16.8. The summed E-state index contributed by atoms with van der Waals surface area (Å²) in [5.41, 5.74) is 0.133. The highest BCUT2D eigenvalue weighted by Crippen LogP contribution is 2.45. The van der Waals surface area contributed by atoms with Gasteiger partial charge in [-0.05, 0) is 62.5 Å². The second-order valence-corrected chi connectivity index (χ2v) is 14.1. The average Bonchev–Trinajstić information content (AvgIpc) is 3.72. The standard InChI is InChI=1S/C34H49ClFN5O7/c35-24-17-38-33(39-18-24)40-11-7-22(8-12-40)3-2-14-48-25-6-5-23(26(36)16-25)15-30(45)41-13-10-34(21-41)9-1-4-29(34)37-19-27(43)31(46)32(47)28(44)20-42/h5-6,16-18,22,27-29,31-32,37,42-44,46-47H,1-4,7-15,19-21H2/t27-,28+,29?,31+,32+,34?/m1/s1. The van der Waals surface area contributed by atoms with Gasteiger partial charge < -0.3 is 45.4 Å². The molecule has 6 N–H and O–H groups in total. The van der Waals surface area contributed by atoms with E-state index in [-0.39, 0.29) is 30.3 Å². The monoisotopic (exact) mass is 693 g/mol. The zero-order valence-electron chi connectivity index (χ0n) is 27.3. The van der Waals surface area contributed by atoms with Crippen molar-refractivity contribution in [3.8, 4) is 5.75 Å². The lowest BCUT2D eigenvalue weighted by atomic mass is 9.81. The largest absolute Gasteiger partial charge is 0.493 e. The first-order valence-corrected chi connectivity index (χ1v) is 17.4. The third-order valence-electron chi connectivity index (χ3n) is 10.4. The molecule has 1 aliphatic carbocycles. The van der Waals surface area contributed by atoms with Crippen molar-refractivity contribution in [1.29, 1.82) is 0 Å². The van der Waals surface area contributed by atoms with E-state index >= 15 is 4.39 Å². The zero-order valence-corrected chi connectivity index (χ0v) is 28.0. The van der Waals surface area contributed by atoms with Crippen LogP contribution in [0.3, 0.4) is 0 Å². The van der Waals surface area contributed by atoms with Gasteiger partial charge in [0.1, 0.15) is 29.9 Å². The van der Waals surface area contributed by atoms with Gasteiger partial charge in [-0.15, -0.1) is 0 Å². The molecule has 2 aliphatic heterocycles. The van der Waals surface area contributed by atoms with Gasteiger partial charge in [-0.3, -0.25) is 4.79 Å². The number of nitrogens with one attached hydrogen (secondary N) is 1. The van der Waals surface area contributed by atoms with E-state index in [0.717, 1.165) is 64.5 Å². The number of carbonyl (C=O) groups excluding carboxylic acids is 1. The fourth-order valence-corrected chi connectivity index (χ4v) is 7.59. The minimum atomic E-state index is -1.68. The van der Waals surface area contributed by atoms with Crippen molar-refractivity contribution >= 4 is 23.5 Å². The fraction of sp³-hybridized carbons (Fsp3) is 0.676. The summed E-state index contributed by atoms with van der Waals surface area (Å²) in [5, 5.41) is 52.8. The molecular weight excluding hydrogens is 645 g/mol. The number of nitrogens with zero attached hydrogens (tertiary/aromatic N) is 4. The van der Waals surface area contributed by atoms with Crippen LogP contribution in [0.2, 0.25) is 5.02 Å². The Kier molecular flexibility index (Phi) is 12.8. The number of aliphatic hydroxyl groups excluding tert-OH is 5. The molecule has 1 amide bonds. The molecule has 266 valence electrons. The molecule has 1 saturated carbocycles. The summed E-state index contributed by atoms with van der Waals surface area (Å²) in [4.78, 5) is 25.8. The van der Waals surface area contributed by atoms with Crippen LogP contribution in [-0.2, 0) is 11.2 Å². The van der Waals surface area contributed by atoms with Gasteiger partial charge in [0.2, 0.25) is 11.9 Å². The number of hydrogen-bond donors (Lipinski definition) is 6. The van der Waals surface area contributed by atoms with Crippen molar-refractivity contribution < 1.29 is 39.5 Å². The van der Waals surface area contributed by atoms with Crippen LogP contribution >= 0.6 is 11.6 Å². The van der Waals surface area contributed by atoms with Crippen LogP contribution in [0.5, 0.6) is 5.75 Å². The van der Waals surface area contributed by atoms with E-state index in [1.54, 1.807) is 29.4 Å². The molecular formula is C34H49ClFN5O7. The van der Waals surface area contributed by atoms with Gasteiger partial charge in [0.05, 0.1) is 43.2 Å². The quantitative estimate of drug-likeness (QED) is 0.150. The molecule has 3 aliphatic rings. The van der Waals surface area contributed by atoms with Crippen LogP contribution in [-0.4, -0.2) is 123 Å². The van der Waals surface area contributed by atoms with Crippen molar-refractivity contribution in [2.24, 2.45) is 11.3 Å². The van der Waals surface area contributed by atoms with Gasteiger partial charge in [-0.25, -0.2) is 14.4 Å². The lowest BCUT2D eigenvalue weighted by Crippen LogP contribution is -2.52. The van der Waals surface area contributed by atoms with Crippen LogP contribution in [0.15, 0.2) is 30.6 Å². The summed E-state index contributed by atoms with van der Waals surface area (Å²) in [6.07, 6.45) is 4.41. The van der Waals surface area contributed by atoms with E-state index in [9.17, 15) is 25.2 Å². The van der Waals surface area contributed by atoms with Gasteiger partial charge in [-0.1, -0.05) is 24.1 Å². The topological polar surface area (TPSA) is 172 Å². The minimum Gasteiger partial charge on any atom is -0.493 e. The Balaban J connectivity index is 1.02. The second-order valence-electron chi connectivity index (χ2n) is 13.6. The predicted octanol–water partition coefficient (Wildman–Crippen LogP) is 1.68. The predicted molar refractivity (Wildman–Crippen MR) is 177 cm³/mol. The van der Waals surface area contributed by atoms with Crippen molar-refractivity contribution in [3.63, 3.8) is 0 Å². The number of ether oxygens (including phenoxy) is 1. The minimum absolute atomic E-state index is 0.0120. The van der Waals surface area contributed by atoms with E-state index in [2.05, 4.69) is 20.2 Å². The molecule has 0 radical (unpaired) electrons. The van der Waals surface area contributed by atoms with Crippen LogP contribution < -0.4 is 15.0 Å². The third kappa shape index (κ3) is 9.12. The van der Waals surface area contributed by atoms with E-state index in [1.807, 2.05) is 0 Å². The SMILES string of the molecule is O=C(Cc1ccc(OCCCC2CCN(c3ncc(Cl)cn3)CC2)cc1F)N1CCC2(CCCC2NC[C@@H](O)[C@H](O)[C@@H](O)[C@@H](O)CO)C1. The maximum Gasteiger partial charge on any atom is 0.227 e. The van der Waals surface area contributed by atoms with E-state index in [4.69, 9.17) is 21.4 Å². The van der Waals surface area contributed by atoms with E-state index < -0.39 is 36.8 Å². The lowest BCUT2D eigenvalue weighted by Gasteiger charge is -2.34. The first kappa shape index (κ1) is 36.6. The highest BCUT2D eigenvalue weighted by molar-refractivity contribution is 6.30. The molecule has 0 bridgehead atoms. The van der Waals surface area contributed by atoms with Crippen LogP contribution in [0, 0.1) is 17.2 Å². The van der Waals surface area contributed by atoms with Crippen LogP contribution in [0.1, 0.15) is 56.9 Å². The number of piperidine rings is 1. The number of amides is 1. The fourth-order valence-electron chi connectivity index (χ4n) is 7.49. The summed E-state index contributed by atoms with van der Waals surface area (Å²) in [6.45, 7) is 2.61. The van der Waals surface area contributed by atoms with Gasteiger partial charge in [0.15, 0.2) is 0 Å². The van der Waals surface area contributed by atoms with Crippen LogP contribution in [0.4, 0.5) is 10.3 Å². The average molecular weight is 694 g/mol. The number of halogens is 2. The smallest absolute Gasteiger partial charge is 0.227 e. The third-order valence-corrected chi connectivity index (χ3v) is 10.6. The molecule has 1 aromatic heterocycles. The molecule has 2 saturated heterocycles. The number of aromatic nitrogens is 2. The maximum absolute atomic E-state index is 15.0. The Bertz CT molecular complexity index is 1340. The summed E-state index contributed by atoms with van der Waals surface area (Å²) in [6, 6.07) is 4.68. The Morgan fingerprint density at radius 1 is 1.06 bits per heavy atom. The molecule has 1 aromatic carbocycles. The first-order chi connectivity index (χ1) is 23.1. The number of rotatable bonds is 15. The van der Waals surface area contributed by atoms with Gasteiger partial charge >= 0.3 is 0 Å². The van der Waals surface area contributed by atoms with Crippen molar-refractivity contribution in [3.05, 3.63) is 47.0 Å². The molecule has 5 rings (SSSR count). The van der Waals surface area contributed by atoms with Gasteiger partial charge in [-0.2, -0.15) is 0 Å². The molecule has 6 atom stereocenters. The number of aliphatic hydroxyl groups is 5. The Labute approximate surface area is 285 Å². The van der Waals surface area contributed by atoms with E-state index in [0.29, 0.717) is 47.9 Å². The lowest BCUT2D eigenvalue weighted by molar-refractivity contribution is -0.130. The Morgan fingerprint density at radius 3 is 2.50 bits per heavy atom. The zero-order chi connectivity index (χ0) is 34.3. The molecule has 14 heteroatoms. The highest BCUT2D eigenvalue weighted by Gasteiger charge is 2.48. The first-order valence-electron chi connectivity index (χ1n) is 17.1. The molecule has 3 heterocycles. The van der Waals surface area contributed by atoms with Crippen molar-refractivity contribution in [1.82, 2.24) is 20.2 Å².